The van der Waals surface area contributed by atoms with Crippen LogP contribution in [0.3, 0.4) is 0 Å². The zero-order chi connectivity index (χ0) is 10.1. The van der Waals surface area contributed by atoms with Crippen LogP contribution in [0, 0.1) is 0 Å². The zero-order valence-corrected chi connectivity index (χ0v) is 8.47. The molecular formula is C10H10O3S. The van der Waals surface area contributed by atoms with Crippen molar-refractivity contribution >= 4 is 21.4 Å². The van der Waals surface area contributed by atoms with Crippen LogP contribution in [-0.4, -0.2) is 17.3 Å². The van der Waals surface area contributed by atoms with Crippen molar-refractivity contribution < 1.29 is 14.9 Å². The van der Waals surface area contributed by atoms with Crippen LogP contribution in [0.2, 0.25) is 0 Å². The second-order valence-corrected chi connectivity index (χ2v) is 3.85. The number of benzene rings is 1. The second-order valence-electron chi connectivity index (χ2n) is 2.94. The highest BCUT2D eigenvalue weighted by Crippen LogP contribution is 2.37. The van der Waals surface area contributed by atoms with Crippen LogP contribution >= 0.6 is 11.3 Å². The van der Waals surface area contributed by atoms with Gasteiger partial charge in [0.1, 0.15) is 11.5 Å². The highest BCUT2D eigenvalue weighted by Gasteiger charge is 2.10. The molecule has 74 valence electrons. The summed E-state index contributed by atoms with van der Waals surface area (Å²) in [6, 6.07) is 3.22. The van der Waals surface area contributed by atoms with Crippen LogP contribution < -0.4 is 4.74 Å². The van der Waals surface area contributed by atoms with Crippen LogP contribution in [0.1, 0.15) is 5.56 Å². The number of hydrogen-bond acceptors (Lipinski definition) is 4. The minimum Gasteiger partial charge on any atom is -0.508 e. The Hall–Kier alpha value is -1.26. The Morgan fingerprint density at radius 2 is 2.21 bits per heavy atom. The van der Waals surface area contributed by atoms with Crippen molar-refractivity contribution in [3.63, 3.8) is 0 Å². The normalized spacial score (nSPS) is 10.7. The summed E-state index contributed by atoms with van der Waals surface area (Å²) in [6.07, 6.45) is 0. The number of hydrogen-bond donors (Lipinski definition) is 2. The highest BCUT2D eigenvalue weighted by molar-refractivity contribution is 7.17. The lowest BCUT2D eigenvalue weighted by Crippen LogP contribution is -1.87. The summed E-state index contributed by atoms with van der Waals surface area (Å²) in [5.41, 5.74) is 0.693. The third-order valence-electron chi connectivity index (χ3n) is 2.10. The number of aromatic hydroxyl groups is 1. The SMILES string of the molecule is COc1csc2cc(O)cc(CO)c12. The number of methoxy groups -OCH3 is 1. The summed E-state index contributed by atoms with van der Waals surface area (Å²) in [4.78, 5) is 0. The monoisotopic (exact) mass is 210 g/mol. The summed E-state index contributed by atoms with van der Waals surface area (Å²) >= 11 is 1.49. The first kappa shape index (κ1) is 9.30. The van der Waals surface area contributed by atoms with Gasteiger partial charge in [-0.1, -0.05) is 0 Å². The highest BCUT2D eigenvalue weighted by atomic mass is 32.1. The van der Waals surface area contributed by atoms with Crippen LogP contribution in [0.4, 0.5) is 0 Å². The quantitative estimate of drug-likeness (QED) is 0.798. The summed E-state index contributed by atoms with van der Waals surface area (Å²) in [5.74, 6) is 0.917. The van der Waals surface area contributed by atoms with E-state index in [1.54, 1.807) is 19.2 Å². The molecule has 0 bridgehead atoms. The molecule has 3 nitrogen and oxygen atoms in total. The molecule has 0 atom stereocenters. The van der Waals surface area contributed by atoms with E-state index in [0.717, 1.165) is 15.8 Å². The maximum atomic E-state index is 9.38. The van der Waals surface area contributed by atoms with Gasteiger partial charge in [-0.05, 0) is 17.7 Å². The molecule has 0 aliphatic carbocycles. The molecule has 0 radical (unpaired) electrons. The molecule has 0 unspecified atom stereocenters. The molecule has 0 aliphatic heterocycles. The summed E-state index contributed by atoms with van der Waals surface area (Å²) in [7, 11) is 1.59. The number of aliphatic hydroxyl groups excluding tert-OH is 1. The Labute approximate surface area is 85.2 Å². The molecular weight excluding hydrogens is 200 g/mol. The van der Waals surface area contributed by atoms with Gasteiger partial charge in [-0.3, -0.25) is 0 Å². The second kappa shape index (κ2) is 3.48. The van der Waals surface area contributed by atoms with Crippen molar-refractivity contribution in [1.82, 2.24) is 0 Å². The topological polar surface area (TPSA) is 49.7 Å². The Morgan fingerprint density at radius 1 is 1.43 bits per heavy atom. The molecule has 2 N–H and O–H groups in total. The van der Waals surface area contributed by atoms with Crippen molar-refractivity contribution in [1.29, 1.82) is 0 Å². The molecule has 0 amide bonds. The molecule has 0 aliphatic rings. The minimum atomic E-state index is -0.0992. The van der Waals surface area contributed by atoms with E-state index >= 15 is 0 Å². The fraction of sp³-hybridized carbons (Fsp3) is 0.200. The lowest BCUT2D eigenvalue weighted by atomic mass is 10.1. The van der Waals surface area contributed by atoms with E-state index < -0.39 is 0 Å². The van der Waals surface area contributed by atoms with E-state index in [-0.39, 0.29) is 12.4 Å². The molecule has 1 aromatic carbocycles. The maximum Gasteiger partial charge on any atom is 0.137 e. The van der Waals surface area contributed by atoms with Gasteiger partial charge in [0.2, 0.25) is 0 Å². The Morgan fingerprint density at radius 3 is 2.86 bits per heavy atom. The molecule has 0 spiro atoms. The maximum absolute atomic E-state index is 9.38. The number of ether oxygens (including phenoxy) is 1. The molecule has 2 rings (SSSR count). The minimum absolute atomic E-state index is 0.0992. The molecule has 0 saturated carbocycles. The first-order valence-electron chi connectivity index (χ1n) is 4.14. The fourth-order valence-corrected chi connectivity index (χ4v) is 2.47. The Bertz CT molecular complexity index is 462. The van der Waals surface area contributed by atoms with E-state index in [1.165, 1.54) is 11.3 Å². The molecule has 4 heteroatoms. The number of thiophene rings is 1. The number of phenolic OH excluding ortho intramolecular Hbond substituents is 1. The summed E-state index contributed by atoms with van der Waals surface area (Å²) < 4.78 is 6.09. The van der Waals surface area contributed by atoms with E-state index in [9.17, 15) is 5.11 Å². The smallest absolute Gasteiger partial charge is 0.137 e. The third-order valence-corrected chi connectivity index (χ3v) is 3.01. The van der Waals surface area contributed by atoms with Crippen LogP contribution in [0.25, 0.3) is 10.1 Å². The van der Waals surface area contributed by atoms with Gasteiger partial charge in [-0.15, -0.1) is 11.3 Å². The number of fused-ring (bicyclic) bond motifs is 1. The molecule has 14 heavy (non-hydrogen) atoms. The molecule has 0 saturated heterocycles. The van der Waals surface area contributed by atoms with Gasteiger partial charge in [0.05, 0.1) is 13.7 Å². The number of aliphatic hydroxyl groups is 1. The molecule has 1 heterocycles. The van der Waals surface area contributed by atoms with Gasteiger partial charge in [0.15, 0.2) is 0 Å². The largest absolute Gasteiger partial charge is 0.508 e. The van der Waals surface area contributed by atoms with Gasteiger partial charge in [0.25, 0.3) is 0 Å². The van der Waals surface area contributed by atoms with Crippen LogP contribution in [-0.2, 0) is 6.61 Å². The first-order valence-corrected chi connectivity index (χ1v) is 5.02. The average molecular weight is 210 g/mol. The molecule has 1 aromatic heterocycles. The number of rotatable bonds is 2. The van der Waals surface area contributed by atoms with E-state index in [0.29, 0.717) is 5.56 Å². The lowest BCUT2D eigenvalue weighted by molar-refractivity contribution is 0.282. The first-order chi connectivity index (χ1) is 6.76. The van der Waals surface area contributed by atoms with Gasteiger partial charge in [0, 0.05) is 15.5 Å². The van der Waals surface area contributed by atoms with Gasteiger partial charge < -0.3 is 14.9 Å². The van der Waals surface area contributed by atoms with E-state index in [1.807, 2.05) is 5.38 Å². The fourth-order valence-electron chi connectivity index (χ4n) is 1.48. The van der Waals surface area contributed by atoms with Gasteiger partial charge in [-0.2, -0.15) is 0 Å². The van der Waals surface area contributed by atoms with E-state index in [2.05, 4.69) is 0 Å². The summed E-state index contributed by atoms with van der Waals surface area (Å²) in [5, 5.41) is 21.3. The van der Waals surface area contributed by atoms with E-state index in [4.69, 9.17) is 9.84 Å². The lowest BCUT2D eigenvalue weighted by Gasteiger charge is -2.03. The Kier molecular flexibility index (Phi) is 2.31. The summed E-state index contributed by atoms with van der Waals surface area (Å²) in [6.45, 7) is -0.0992. The van der Waals surface area contributed by atoms with Crippen molar-refractivity contribution in [2.24, 2.45) is 0 Å². The molecule has 0 fully saturated rings. The third kappa shape index (κ3) is 1.32. The van der Waals surface area contributed by atoms with Gasteiger partial charge >= 0.3 is 0 Å². The van der Waals surface area contributed by atoms with Crippen LogP contribution in [0.15, 0.2) is 17.5 Å². The van der Waals surface area contributed by atoms with Crippen molar-refractivity contribution in [2.75, 3.05) is 7.11 Å². The zero-order valence-electron chi connectivity index (χ0n) is 7.65. The standard InChI is InChI=1S/C10H10O3S/c1-13-8-5-14-9-3-7(12)2-6(4-11)10(8)9/h2-3,5,11-12H,4H2,1H3. The van der Waals surface area contributed by atoms with Gasteiger partial charge in [-0.25, -0.2) is 0 Å². The number of phenols is 1. The molecule has 2 aromatic rings. The van der Waals surface area contributed by atoms with Crippen LogP contribution in [0.5, 0.6) is 11.5 Å². The average Bonchev–Trinajstić information content (AvgIpc) is 2.59. The predicted molar refractivity (Wildman–Crippen MR) is 56.0 cm³/mol. The van der Waals surface area contributed by atoms with Crippen molar-refractivity contribution in [3.05, 3.63) is 23.1 Å². The van der Waals surface area contributed by atoms with Crippen molar-refractivity contribution in [2.45, 2.75) is 6.61 Å². The van der Waals surface area contributed by atoms with Crippen molar-refractivity contribution in [3.8, 4) is 11.5 Å². The Balaban J connectivity index is 2.78. The predicted octanol–water partition coefficient (Wildman–Crippen LogP) is 2.11.